The molecule has 0 amide bonds. The maximum atomic E-state index is 11.0. The Hall–Kier alpha value is -0.530. The molecule has 0 aromatic heterocycles. The van der Waals surface area contributed by atoms with Crippen LogP contribution in [0.2, 0.25) is 0 Å². The van der Waals surface area contributed by atoms with Gasteiger partial charge in [-0.1, -0.05) is 6.92 Å². The SMILES string of the molecule is CC12C[C@H]3C[C@@H](C1)CC(CC(=O)O)(C3)C2. The zero-order chi connectivity index (χ0) is 10.7. The summed E-state index contributed by atoms with van der Waals surface area (Å²) in [7, 11) is 0. The van der Waals surface area contributed by atoms with Gasteiger partial charge in [-0.15, -0.1) is 0 Å². The molecule has 2 nitrogen and oxygen atoms in total. The Morgan fingerprint density at radius 2 is 1.87 bits per heavy atom. The van der Waals surface area contributed by atoms with Gasteiger partial charge in [0.1, 0.15) is 0 Å². The monoisotopic (exact) mass is 208 g/mol. The molecule has 4 atom stereocenters. The highest BCUT2D eigenvalue weighted by Gasteiger charge is 2.56. The summed E-state index contributed by atoms with van der Waals surface area (Å²) in [4.78, 5) is 11.0. The van der Waals surface area contributed by atoms with Crippen molar-refractivity contribution in [1.29, 1.82) is 0 Å². The van der Waals surface area contributed by atoms with Crippen molar-refractivity contribution in [1.82, 2.24) is 0 Å². The molecule has 4 aliphatic carbocycles. The molecule has 4 rings (SSSR count). The molecule has 2 unspecified atom stereocenters. The zero-order valence-corrected chi connectivity index (χ0v) is 9.46. The lowest BCUT2D eigenvalue weighted by Gasteiger charge is -2.61. The highest BCUT2D eigenvalue weighted by atomic mass is 16.4. The summed E-state index contributed by atoms with van der Waals surface area (Å²) in [5.74, 6) is 1.10. The van der Waals surface area contributed by atoms with Crippen LogP contribution in [0.25, 0.3) is 0 Å². The van der Waals surface area contributed by atoms with E-state index in [-0.39, 0.29) is 5.41 Å². The molecule has 15 heavy (non-hydrogen) atoms. The van der Waals surface area contributed by atoms with E-state index in [9.17, 15) is 4.79 Å². The molecule has 0 aromatic carbocycles. The standard InChI is InChI=1S/C13H20O2/c1-12-3-9-2-10(4-12)6-13(5-9,8-12)7-11(14)15/h9-10H,2-8H2,1H3,(H,14,15)/t9-,10+,12?,13?. The van der Waals surface area contributed by atoms with Crippen LogP contribution < -0.4 is 0 Å². The molecule has 0 heterocycles. The maximum Gasteiger partial charge on any atom is 0.303 e. The summed E-state index contributed by atoms with van der Waals surface area (Å²) < 4.78 is 0. The molecule has 0 aliphatic heterocycles. The van der Waals surface area contributed by atoms with E-state index >= 15 is 0 Å². The van der Waals surface area contributed by atoms with Gasteiger partial charge in [-0.2, -0.15) is 0 Å². The molecule has 0 spiro atoms. The van der Waals surface area contributed by atoms with E-state index in [0.29, 0.717) is 11.8 Å². The minimum atomic E-state index is -0.583. The van der Waals surface area contributed by atoms with Crippen LogP contribution in [0.1, 0.15) is 51.9 Å². The Morgan fingerprint density at radius 3 is 2.33 bits per heavy atom. The van der Waals surface area contributed by atoms with E-state index in [2.05, 4.69) is 6.92 Å². The summed E-state index contributed by atoms with van der Waals surface area (Å²) in [5, 5.41) is 9.06. The van der Waals surface area contributed by atoms with Crippen molar-refractivity contribution < 1.29 is 9.90 Å². The molecule has 4 bridgehead atoms. The van der Waals surface area contributed by atoms with Gasteiger partial charge in [0.05, 0.1) is 6.42 Å². The van der Waals surface area contributed by atoms with Gasteiger partial charge in [0.25, 0.3) is 0 Å². The molecule has 4 aliphatic rings. The van der Waals surface area contributed by atoms with Gasteiger partial charge in [0, 0.05) is 0 Å². The van der Waals surface area contributed by atoms with Crippen molar-refractivity contribution in [2.24, 2.45) is 22.7 Å². The first-order valence-electron chi connectivity index (χ1n) is 6.21. The predicted octanol–water partition coefficient (Wildman–Crippen LogP) is 3.07. The van der Waals surface area contributed by atoms with Crippen LogP contribution in [0.5, 0.6) is 0 Å². The molecule has 84 valence electrons. The van der Waals surface area contributed by atoms with Gasteiger partial charge in [-0.3, -0.25) is 4.79 Å². The van der Waals surface area contributed by atoms with Crippen molar-refractivity contribution in [2.75, 3.05) is 0 Å². The molecule has 1 N–H and O–H groups in total. The zero-order valence-electron chi connectivity index (χ0n) is 9.46. The quantitative estimate of drug-likeness (QED) is 0.757. The smallest absolute Gasteiger partial charge is 0.303 e. The molecule has 0 radical (unpaired) electrons. The maximum absolute atomic E-state index is 11.0. The van der Waals surface area contributed by atoms with Gasteiger partial charge in [0.15, 0.2) is 0 Å². The third kappa shape index (κ3) is 1.49. The molecule has 0 aromatic rings. The van der Waals surface area contributed by atoms with Gasteiger partial charge in [0.2, 0.25) is 0 Å². The lowest BCUT2D eigenvalue weighted by Crippen LogP contribution is -2.51. The number of carbonyl (C=O) groups is 1. The molecule has 4 saturated carbocycles. The van der Waals surface area contributed by atoms with Crippen LogP contribution >= 0.6 is 0 Å². The van der Waals surface area contributed by atoms with Crippen LogP contribution in [-0.2, 0) is 4.79 Å². The van der Waals surface area contributed by atoms with E-state index < -0.39 is 5.97 Å². The summed E-state index contributed by atoms with van der Waals surface area (Å²) in [6.45, 7) is 2.39. The van der Waals surface area contributed by atoms with Crippen LogP contribution in [-0.4, -0.2) is 11.1 Å². The number of hydrogen-bond donors (Lipinski definition) is 1. The fourth-order valence-corrected chi connectivity index (χ4v) is 5.46. The third-order valence-corrected chi connectivity index (χ3v) is 5.00. The average Bonchev–Trinajstić information content (AvgIpc) is 1.94. The minimum Gasteiger partial charge on any atom is -0.481 e. The highest BCUT2D eigenvalue weighted by Crippen LogP contribution is 2.66. The van der Waals surface area contributed by atoms with E-state index in [0.717, 1.165) is 11.8 Å². The summed E-state index contributed by atoms with van der Waals surface area (Å²) in [6.07, 6.45) is 8.12. The second-order valence-corrected chi connectivity index (χ2v) is 6.84. The Labute approximate surface area is 91.1 Å². The summed E-state index contributed by atoms with van der Waals surface area (Å²) >= 11 is 0. The molecule has 0 saturated heterocycles. The number of carboxylic acids is 1. The molecular formula is C13H20O2. The van der Waals surface area contributed by atoms with Crippen molar-refractivity contribution in [3.8, 4) is 0 Å². The number of hydrogen-bond acceptors (Lipinski definition) is 1. The Bertz CT molecular complexity index is 294. The number of carboxylic acid groups (broad SMARTS) is 1. The Balaban J connectivity index is 1.89. The third-order valence-electron chi connectivity index (χ3n) is 5.00. The van der Waals surface area contributed by atoms with Crippen molar-refractivity contribution in [3.05, 3.63) is 0 Å². The van der Waals surface area contributed by atoms with Crippen LogP contribution in [0, 0.1) is 22.7 Å². The van der Waals surface area contributed by atoms with Gasteiger partial charge < -0.3 is 5.11 Å². The summed E-state index contributed by atoms with van der Waals surface area (Å²) in [5.41, 5.74) is 0.671. The largest absolute Gasteiger partial charge is 0.481 e. The topological polar surface area (TPSA) is 37.3 Å². The minimum absolute atomic E-state index is 0.185. The second kappa shape index (κ2) is 2.78. The van der Waals surface area contributed by atoms with Crippen LogP contribution in [0.15, 0.2) is 0 Å². The first kappa shape index (κ1) is 9.68. The lowest BCUT2D eigenvalue weighted by atomic mass is 9.44. The van der Waals surface area contributed by atoms with E-state index in [1.807, 2.05) is 0 Å². The normalized spacial score (nSPS) is 52.1. The van der Waals surface area contributed by atoms with Crippen molar-refractivity contribution >= 4 is 5.97 Å². The molecule has 4 fully saturated rings. The number of aliphatic carboxylic acids is 1. The van der Waals surface area contributed by atoms with Crippen molar-refractivity contribution in [3.63, 3.8) is 0 Å². The fourth-order valence-electron chi connectivity index (χ4n) is 5.46. The number of rotatable bonds is 2. The predicted molar refractivity (Wildman–Crippen MR) is 57.5 cm³/mol. The van der Waals surface area contributed by atoms with Crippen LogP contribution in [0.3, 0.4) is 0 Å². The Morgan fingerprint density at radius 1 is 1.27 bits per heavy atom. The van der Waals surface area contributed by atoms with Crippen LogP contribution in [0.4, 0.5) is 0 Å². The highest BCUT2D eigenvalue weighted by molar-refractivity contribution is 5.67. The van der Waals surface area contributed by atoms with Crippen molar-refractivity contribution in [2.45, 2.75) is 51.9 Å². The fraction of sp³-hybridized carbons (Fsp3) is 0.923. The Kier molecular flexibility index (Phi) is 1.79. The lowest BCUT2D eigenvalue weighted by molar-refractivity contribution is -0.150. The van der Waals surface area contributed by atoms with E-state index in [1.54, 1.807) is 0 Å². The first-order valence-corrected chi connectivity index (χ1v) is 6.21. The van der Waals surface area contributed by atoms with Gasteiger partial charge in [-0.05, 0) is 61.2 Å². The second-order valence-electron chi connectivity index (χ2n) is 6.84. The van der Waals surface area contributed by atoms with Gasteiger partial charge >= 0.3 is 5.97 Å². The van der Waals surface area contributed by atoms with Gasteiger partial charge in [-0.25, -0.2) is 0 Å². The average molecular weight is 208 g/mol. The molecule has 2 heteroatoms. The summed E-state index contributed by atoms with van der Waals surface area (Å²) in [6, 6.07) is 0. The molecular weight excluding hydrogens is 188 g/mol. The first-order chi connectivity index (χ1) is 6.99. The van der Waals surface area contributed by atoms with E-state index in [1.165, 1.54) is 38.5 Å². The van der Waals surface area contributed by atoms with E-state index in [4.69, 9.17) is 5.11 Å².